The monoisotopic (exact) mass is 336 g/mol. The number of nitrogens with zero attached hydrogens (tertiary/aromatic N) is 2. The van der Waals surface area contributed by atoms with E-state index in [2.05, 4.69) is 0 Å². The van der Waals surface area contributed by atoms with Crippen molar-refractivity contribution in [1.82, 2.24) is 4.31 Å². The van der Waals surface area contributed by atoms with Gasteiger partial charge in [-0.05, 0) is 29.8 Å². The molecule has 0 aliphatic heterocycles. The van der Waals surface area contributed by atoms with E-state index in [1.54, 1.807) is 18.2 Å². The molecule has 2 rings (SSSR count). The first kappa shape index (κ1) is 16.9. The van der Waals surface area contributed by atoms with Gasteiger partial charge in [0.2, 0.25) is 10.0 Å². The maximum absolute atomic E-state index is 12.1. The lowest BCUT2D eigenvalue weighted by Gasteiger charge is -2.12. The van der Waals surface area contributed by atoms with Gasteiger partial charge in [0.05, 0.1) is 9.82 Å². The smallest absolute Gasteiger partial charge is 0.269 e. The number of rotatable bonds is 6. The molecule has 8 heteroatoms. The summed E-state index contributed by atoms with van der Waals surface area (Å²) in [4.78, 5) is 10.3. The molecule has 0 bridgehead atoms. The zero-order chi connectivity index (χ0) is 17.0. The van der Waals surface area contributed by atoms with E-state index in [9.17, 15) is 18.5 Å². The summed E-state index contributed by atoms with van der Waals surface area (Å²) in [5.74, 6) is 0.469. The van der Waals surface area contributed by atoms with Crippen molar-refractivity contribution >= 4 is 15.7 Å². The Balaban J connectivity index is 2.11. The highest BCUT2D eigenvalue weighted by Gasteiger charge is 2.17. The second-order valence-electron chi connectivity index (χ2n) is 4.97. The number of benzene rings is 2. The van der Waals surface area contributed by atoms with Crippen LogP contribution in [0.5, 0.6) is 5.75 Å². The summed E-state index contributed by atoms with van der Waals surface area (Å²) in [7, 11) is -0.559. The van der Waals surface area contributed by atoms with E-state index in [1.807, 2.05) is 0 Å². The van der Waals surface area contributed by atoms with Crippen molar-refractivity contribution in [2.45, 2.75) is 11.5 Å². The van der Waals surface area contributed by atoms with Crippen LogP contribution in [0, 0.1) is 10.1 Å². The number of non-ortho nitro benzene ring substituents is 1. The Hall–Kier alpha value is -2.45. The molecular formula is C15H16N2O5S. The van der Waals surface area contributed by atoms with Crippen LogP contribution in [0.25, 0.3) is 0 Å². The SMILES string of the molecule is CN(C)S(=O)(=O)c1cccc(COc2ccc([N+](=O)[O-])cc2)c1. The van der Waals surface area contributed by atoms with E-state index in [0.29, 0.717) is 11.3 Å². The Labute approximate surface area is 134 Å². The minimum absolute atomic E-state index is 0.0172. The maximum atomic E-state index is 12.1. The average molecular weight is 336 g/mol. The molecule has 0 atom stereocenters. The number of hydrogen-bond donors (Lipinski definition) is 0. The molecule has 0 spiro atoms. The van der Waals surface area contributed by atoms with Crippen molar-refractivity contribution in [3.05, 3.63) is 64.2 Å². The molecule has 0 unspecified atom stereocenters. The van der Waals surface area contributed by atoms with E-state index < -0.39 is 14.9 Å². The molecule has 0 saturated heterocycles. The van der Waals surface area contributed by atoms with E-state index >= 15 is 0 Å². The van der Waals surface area contributed by atoms with E-state index in [1.165, 1.54) is 44.4 Å². The summed E-state index contributed by atoms with van der Waals surface area (Å²) in [5, 5.41) is 10.6. The second-order valence-corrected chi connectivity index (χ2v) is 7.13. The van der Waals surface area contributed by atoms with Crippen LogP contribution in [0.1, 0.15) is 5.56 Å². The van der Waals surface area contributed by atoms with Crippen LogP contribution >= 0.6 is 0 Å². The molecule has 2 aromatic carbocycles. The van der Waals surface area contributed by atoms with Gasteiger partial charge in [0.1, 0.15) is 12.4 Å². The molecule has 0 heterocycles. The highest BCUT2D eigenvalue weighted by molar-refractivity contribution is 7.89. The first-order valence-corrected chi connectivity index (χ1v) is 8.13. The highest BCUT2D eigenvalue weighted by Crippen LogP contribution is 2.20. The predicted octanol–water partition coefficient (Wildman–Crippen LogP) is 2.42. The molecule has 0 fully saturated rings. The summed E-state index contributed by atoms with van der Waals surface area (Å²) in [6, 6.07) is 12.2. The van der Waals surface area contributed by atoms with E-state index in [0.717, 1.165) is 4.31 Å². The average Bonchev–Trinajstić information content (AvgIpc) is 2.53. The fraction of sp³-hybridized carbons (Fsp3) is 0.200. The topological polar surface area (TPSA) is 89.8 Å². The second kappa shape index (κ2) is 6.76. The lowest BCUT2D eigenvalue weighted by atomic mass is 10.2. The van der Waals surface area contributed by atoms with Gasteiger partial charge in [0.15, 0.2) is 0 Å². The Morgan fingerprint density at radius 2 is 1.78 bits per heavy atom. The van der Waals surface area contributed by atoms with E-state index in [4.69, 9.17) is 4.74 Å². The third-order valence-electron chi connectivity index (χ3n) is 3.13. The normalized spacial score (nSPS) is 11.4. The molecular weight excluding hydrogens is 320 g/mol. The number of ether oxygens (including phenoxy) is 1. The highest BCUT2D eigenvalue weighted by atomic mass is 32.2. The van der Waals surface area contributed by atoms with Gasteiger partial charge in [-0.2, -0.15) is 0 Å². The summed E-state index contributed by atoms with van der Waals surface area (Å²) < 4.78 is 30.8. The first-order chi connectivity index (χ1) is 10.8. The summed E-state index contributed by atoms with van der Waals surface area (Å²) in [6.45, 7) is 0.161. The summed E-state index contributed by atoms with van der Waals surface area (Å²) >= 11 is 0. The van der Waals surface area contributed by atoms with Crippen molar-refractivity contribution < 1.29 is 18.1 Å². The molecule has 0 saturated carbocycles. The molecule has 122 valence electrons. The first-order valence-electron chi connectivity index (χ1n) is 6.69. The molecule has 0 amide bonds. The fourth-order valence-electron chi connectivity index (χ4n) is 1.84. The van der Waals surface area contributed by atoms with Gasteiger partial charge in [-0.3, -0.25) is 10.1 Å². The number of nitro benzene ring substituents is 1. The third kappa shape index (κ3) is 4.05. The predicted molar refractivity (Wildman–Crippen MR) is 84.7 cm³/mol. The zero-order valence-corrected chi connectivity index (χ0v) is 13.5. The Bertz CT molecular complexity index is 801. The third-order valence-corrected chi connectivity index (χ3v) is 4.94. The molecule has 0 radical (unpaired) electrons. The van der Waals surface area contributed by atoms with Crippen LogP contribution in [-0.4, -0.2) is 31.7 Å². The molecule has 0 aliphatic rings. The van der Waals surface area contributed by atoms with Crippen molar-refractivity contribution in [1.29, 1.82) is 0 Å². The minimum atomic E-state index is -3.49. The Morgan fingerprint density at radius 3 is 2.35 bits per heavy atom. The zero-order valence-electron chi connectivity index (χ0n) is 12.7. The van der Waals surface area contributed by atoms with Crippen molar-refractivity contribution in [3.63, 3.8) is 0 Å². The van der Waals surface area contributed by atoms with Crippen LogP contribution in [0.15, 0.2) is 53.4 Å². The van der Waals surface area contributed by atoms with Gasteiger partial charge < -0.3 is 4.74 Å². The van der Waals surface area contributed by atoms with E-state index in [-0.39, 0.29) is 17.2 Å². The molecule has 23 heavy (non-hydrogen) atoms. The summed E-state index contributed by atoms with van der Waals surface area (Å²) in [6.07, 6.45) is 0. The van der Waals surface area contributed by atoms with Gasteiger partial charge in [-0.1, -0.05) is 12.1 Å². The van der Waals surface area contributed by atoms with Crippen LogP contribution < -0.4 is 4.74 Å². The van der Waals surface area contributed by atoms with Crippen molar-refractivity contribution in [2.75, 3.05) is 14.1 Å². The fourth-order valence-corrected chi connectivity index (χ4v) is 2.81. The van der Waals surface area contributed by atoms with Gasteiger partial charge in [-0.15, -0.1) is 0 Å². The number of sulfonamides is 1. The van der Waals surface area contributed by atoms with Gasteiger partial charge in [-0.25, -0.2) is 12.7 Å². The quantitative estimate of drug-likeness (QED) is 0.597. The summed E-state index contributed by atoms with van der Waals surface area (Å²) in [5.41, 5.74) is 0.669. The van der Waals surface area contributed by atoms with Crippen LogP contribution in [-0.2, 0) is 16.6 Å². The number of hydrogen-bond acceptors (Lipinski definition) is 5. The van der Waals surface area contributed by atoms with Crippen LogP contribution in [0.2, 0.25) is 0 Å². The Kier molecular flexibility index (Phi) is 4.97. The largest absolute Gasteiger partial charge is 0.489 e. The molecule has 0 N–H and O–H groups in total. The number of nitro groups is 1. The van der Waals surface area contributed by atoms with Crippen molar-refractivity contribution in [2.24, 2.45) is 0 Å². The molecule has 0 aliphatic carbocycles. The molecule has 0 aromatic heterocycles. The van der Waals surface area contributed by atoms with Crippen molar-refractivity contribution in [3.8, 4) is 5.75 Å². The van der Waals surface area contributed by atoms with Crippen LogP contribution in [0.3, 0.4) is 0 Å². The van der Waals surface area contributed by atoms with Gasteiger partial charge >= 0.3 is 0 Å². The van der Waals surface area contributed by atoms with Crippen LogP contribution in [0.4, 0.5) is 5.69 Å². The van der Waals surface area contributed by atoms with Gasteiger partial charge in [0, 0.05) is 26.2 Å². The van der Waals surface area contributed by atoms with Gasteiger partial charge in [0.25, 0.3) is 5.69 Å². The standard InChI is InChI=1S/C15H16N2O5S/c1-16(2)23(20,21)15-5-3-4-12(10-15)11-22-14-8-6-13(7-9-14)17(18)19/h3-10H,11H2,1-2H3. The molecule has 2 aromatic rings. The molecule has 7 nitrogen and oxygen atoms in total. The Morgan fingerprint density at radius 1 is 1.13 bits per heavy atom. The lowest BCUT2D eigenvalue weighted by Crippen LogP contribution is -2.22. The lowest BCUT2D eigenvalue weighted by molar-refractivity contribution is -0.384. The minimum Gasteiger partial charge on any atom is -0.489 e. The maximum Gasteiger partial charge on any atom is 0.269 e.